The number of hydrogen-bond donors (Lipinski definition) is 2. The fraction of sp³-hybridized carbons (Fsp3) is 0.0476. The molecule has 7 heteroatoms. The van der Waals surface area contributed by atoms with E-state index in [1.165, 1.54) is 12.1 Å². The number of carbonyl (C=O) groups is 2. The summed E-state index contributed by atoms with van der Waals surface area (Å²) in [4.78, 5) is 32.0. The van der Waals surface area contributed by atoms with E-state index < -0.39 is 11.1 Å². The van der Waals surface area contributed by atoms with Crippen LogP contribution in [0.1, 0.15) is 27.0 Å². The van der Waals surface area contributed by atoms with Crippen LogP contribution in [0.5, 0.6) is 0 Å². The first kappa shape index (κ1) is 20.3. The quantitative estimate of drug-likeness (QED) is 0.379. The van der Waals surface area contributed by atoms with Gasteiger partial charge in [0.2, 0.25) is 0 Å². The fourth-order valence-electron chi connectivity index (χ4n) is 2.62. The lowest BCUT2D eigenvalue weighted by Gasteiger charge is -2.09. The van der Waals surface area contributed by atoms with E-state index in [9.17, 15) is 14.9 Å². The van der Waals surface area contributed by atoms with Gasteiger partial charge in [-0.3, -0.25) is 14.9 Å². The van der Waals surface area contributed by atoms with E-state index in [0.29, 0.717) is 23.1 Å². The first-order valence-electron chi connectivity index (χ1n) is 8.21. The molecule has 3 rings (SSSR count). The number of benzene rings is 3. The van der Waals surface area contributed by atoms with Gasteiger partial charge in [-0.15, -0.1) is 0 Å². The molecule has 0 spiro atoms. The molecule has 142 valence electrons. The fourth-order valence-corrected chi connectivity index (χ4v) is 2.62. The summed E-state index contributed by atoms with van der Waals surface area (Å²) in [7, 11) is 0. The summed E-state index contributed by atoms with van der Waals surface area (Å²) in [5, 5.41) is 25.0. The van der Waals surface area contributed by atoms with Gasteiger partial charge in [-0.25, -0.2) is 4.79 Å². The highest BCUT2D eigenvalue weighted by atomic mass is 16.6. The van der Waals surface area contributed by atoms with Crippen molar-refractivity contribution in [3.8, 4) is 0 Å². The maximum Gasteiger partial charge on any atom is 0.503 e. The van der Waals surface area contributed by atoms with Crippen molar-refractivity contribution in [2.24, 2.45) is 0 Å². The predicted octanol–water partition coefficient (Wildman–Crippen LogP) is 4.64. The first-order valence-corrected chi connectivity index (χ1v) is 8.21. The topological polar surface area (TPSA) is 118 Å². The second-order valence-corrected chi connectivity index (χ2v) is 5.74. The van der Waals surface area contributed by atoms with Crippen molar-refractivity contribution in [2.45, 2.75) is 6.42 Å². The highest BCUT2D eigenvalue weighted by Gasteiger charge is 2.17. The molecule has 0 saturated carbocycles. The molecular formula is C21H17NO6. The highest BCUT2D eigenvalue weighted by molar-refractivity contribution is 6.10. The Morgan fingerprint density at radius 2 is 1.39 bits per heavy atom. The van der Waals surface area contributed by atoms with Crippen LogP contribution in [0.2, 0.25) is 0 Å². The minimum atomic E-state index is -1.83. The zero-order chi connectivity index (χ0) is 20.5. The van der Waals surface area contributed by atoms with Gasteiger partial charge in [-0.05, 0) is 23.6 Å². The molecule has 3 aromatic rings. The molecule has 0 aliphatic carbocycles. The maximum absolute atomic E-state index is 12.8. The van der Waals surface area contributed by atoms with Crippen LogP contribution in [0.3, 0.4) is 0 Å². The average molecular weight is 379 g/mol. The van der Waals surface area contributed by atoms with Gasteiger partial charge < -0.3 is 10.2 Å². The van der Waals surface area contributed by atoms with Crippen molar-refractivity contribution < 1.29 is 24.7 Å². The number of ketones is 1. The molecule has 0 unspecified atom stereocenters. The smallest absolute Gasteiger partial charge is 0.450 e. The van der Waals surface area contributed by atoms with Crippen molar-refractivity contribution in [1.82, 2.24) is 0 Å². The summed E-state index contributed by atoms with van der Waals surface area (Å²) in [5.74, 6) is -0.128. The Morgan fingerprint density at radius 3 is 1.93 bits per heavy atom. The molecule has 0 radical (unpaired) electrons. The van der Waals surface area contributed by atoms with Crippen LogP contribution in [0.25, 0.3) is 0 Å². The summed E-state index contributed by atoms with van der Waals surface area (Å²) in [6, 6.07) is 23.0. The predicted molar refractivity (Wildman–Crippen MR) is 103 cm³/mol. The van der Waals surface area contributed by atoms with E-state index in [1.54, 1.807) is 30.3 Å². The molecule has 0 bridgehead atoms. The van der Waals surface area contributed by atoms with Gasteiger partial charge >= 0.3 is 6.16 Å². The Balaban J connectivity index is 0.000000640. The Kier molecular flexibility index (Phi) is 6.99. The molecular weight excluding hydrogens is 362 g/mol. The second-order valence-electron chi connectivity index (χ2n) is 5.74. The SMILES string of the molecule is O=C(O)O.O=C(c1ccccc1)c1ccc([N+](=O)[O-])cc1Cc1ccccc1. The van der Waals surface area contributed by atoms with Crippen molar-refractivity contribution in [3.05, 3.63) is 111 Å². The highest BCUT2D eigenvalue weighted by Crippen LogP contribution is 2.23. The summed E-state index contributed by atoms with van der Waals surface area (Å²) in [5.41, 5.74) is 2.71. The number of rotatable bonds is 5. The molecule has 0 atom stereocenters. The van der Waals surface area contributed by atoms with Gasteiger partial charge in [0.15, 0.2) is 5.78 Å². The van der Waals surface area contributed by atoms with E-state index >= 15 is 0 Å². The molecule has 0 aliphatic heterocycles. The number of nitro benzene ring substituents is 1. The zero-order valence-corrected chi connectivity index (χ0v) is 14.7. The van der Waals surface area contributed by atoms with E-state index in [-0.39, 0.29) is 11.5 Å². The lowest BCUT2D eigenvalue weighted by molar-refractivity contribution is -0.384. The second kappa shape index (κ2) is 9.63. The van der Waals surface area contributed by atoms with Gasteiger partial charge in [0.25, 0.3) is 5.69 Å². The van der Waals surface area contributed by atoms with E-state index in [2.05, 4.69) is 0 Å². The first-order chi connectivity index (χ1) is 13.4. The lowest BCUT2D eigenvalue weighted by Crippen LogP contribution is -2.07. The van der Waals surface area contributed by atoms with Crippen LogP contribution < -0.4 is 0 Å². The lowest BCUT2D eigenvalue weighted by atomic mass is 9.94. The van der Waals surface area contributed by atoms with Crippen LogP contribution in [0, 0.1) is 10.1 Å². The average Bonchev–Trinajstić information content (AvgIpc) is 2.68. The minimum absolute atomic E-state index is 0.00876. The molecule has 28 heavy (non-hydrogen) atoms. The molecule has 0 aromatic heterocycles. The monoisotopic (exact) mass is 379 g/mol. The normalized spacial score (nSPS) is 9.71. The largest absolute Gasteiger partial charge is 0.503 e. The Hall–Kier alpha value is -4.00. The van der Waals surface area contributed by atoms with Crippen LogP contribution in [-0.2, 0) is 6.42 Å². The standard InChI is InChI=1S/C20H15NO3.CH2O3/c22-20(16-9-5-2-6-10-16)19-12-11-18(21(23)24)14-17(19)13-15-7-3-1-4-8-15;2-1(3)4/h1-12,14H,13H2;(H2,2,3,4). The van der Waals surface area contributed by atoms with Crippen molar-refractivity contribution in [3.63, 3.8) is 0 Å². The third kappa shape index (κ3) is 5.77. The Morgan fingerprint density at radius 1 is 0.857 bits per heavy atom. The molecule has 0 saturated heterocycles. The Bertz CT molecular complexity index is 967. The number of nitrogens with zero attached hydrogens (tertiary/aromatic N) is 1. The molecule has 0 heterocycles. The number of non-ortho nitro benzene ring substituents is 1. The number of nitro groups is 1. The summed E-state index contributed by atoms with van der Waals surface area (Å²) in [6.07, 6.45) is -1.36. The molecule has 7 nitrogen and oxygen atoms in total. The molecule has 3 aromatic carbocycles. The van der Waals surface area contributed by atoms with E-state index in [1.807, 2.05) is 36.4 Å². The summed E-state index contributed by atoms with van der Waals surface area (Å²) in [6.45, 7) is 0. The third-order valence-corrected chi connectivity index (χ3v) is 3.82. The molecule has 2 N–H and O–H groups in total. The van der Waals surface area contributed by atoms with Crippen molar-refractivity contribution in [1.29, 1.82) is 0 Å². The number of carbonyl (C=O) groups excluding carboxylic acids is 1. The molecule has 0 aliphatic rings. The summed E-state index contributed by atoms with van der Waals surface area (Å²) < 4.78 is 0. The van der Waals surface area contributed by atoms with Crippen molar-refractivity contribution in [2.75, 3.05) is 0 Å². The van der Waals surface area contributed by atoms with Crippen LogP contribution >= 0.6 is 0 Å². The van der Waals surface area contributed by atoms with Gasteiger partial charge in [0.1, 0.15) is 0 Å². The van der Waals surface area contributed by atoms with Gasteiger partial charge in [0.05, 0.1) is 4.92 Å². The zero-order valence-electron chi connectivity index (χ0n) is 14.7. The van der Waals surface area contributed by atoms with Gasteiger partial charge in [-0.2, -0.15) is 0 Å². The van der Waals surface area contributed by atoms with Crippen LogP contribution in [0.15, 0.2) is 78.9 Å². The van der Waals surface area contributed by atoms with E-state index in [4.69, 9.17) is 15.0 Å². The Labute approximate surface area is 160 Å². The van der Waals surface area contributed by atoms with E-state index in [0.717, 1.165) is 5.56 Å². The number of hydrogen-bond acceptors (Lipinski definition) is 4. The maximum atomic E-state index is 12.8. The van der Waals surface area contributed by atoms with Crippen molar-refractivity contribution >= 4 is 17.6 Å². The molecule has 0 fully saturated rings. The summed E-state index contributed by atoms with van der Waals surface area (Å²) >= 11 is 0. The number of carboxylic acid groups (broad SMARTS) is 2. The van der Waals surface area contributed by atoms with Gasteiger partial charge in [0, 0.05) is 23.3 Å². The van der Waals surface area contributed by atoms with Crippen LogP contribution in [0.4, 0.5) is 10.5 Å². The minimum Gasteiger partial charge on any atom is -0.450 e. The van der Waals surface area contributed by atoms with Crippen LogP contribution in [-0.4, -0.2) is 27.1 Å². The third-order valence-electron chi connectivity index (χ3n) is 3.82. The van der Waals surface area contributed by atoms with Gasteiger partial charge in [-0.1, -0.05) is 60.7 Å². The molecule has 0 amide bonds.